The summed E-state index contributed by atoms with van der Waals surface area (Å²) in [6.07, 6.45) is 1.12. The van der Waals surface area contributed by atoms with Crippen LogP contribution in [0.25, 0.3) is 0 Å². The molecule has 23 heavy (non-hydrogen) atoms. The predicted octanol–water partition coefficient (Wildman–Crippen LogP) is 3.34. The third-order valence-electron chi connectivity index (χ3n) is 3.05. The number of amides is 1. The fourth-order valence-corrected chi connectivity index (χ4v) is 1.91. The summed E-state index contributed by atoms with van der Waals surface area (Å²) < 4.78 is 10.5. The number of carbonyl (C=O) groups excluding carboxylic acids is 2. The van der Waals surface area contributed by atoms with E-state index in [9.17, 15) is 9.59 Å². The molecule has 2 rings (SSSR count). The van der Waals surface area contributed by atoms with Gasteiger partial charge >= 0.3 is 6.09 Å². The molecule has 0 aliphatic rings. The second-order valence-electron chi connectivity index (χ2n) is 4.83. The van der Waals surface area contributed by atoms with E-state index < -0.39 is 6.09 Å². The Kier molecular flexibility index (Phi) is 6.65. The van der Waals surface area contributed by atoms with Crippen LogP contribution in [-0.4, -0.2) is 25.5 Å². The molecular weight excluding hydrogens is 294 g/mol. The van der Waals surface area contributed by atoms with E-state index in [0.717, 1.165) is 17.1 Å². The third-order valence-corrected chi connectivity index (χ3v) is 3.05. The largest absolute Gasteiger partial charge is 0.457 e. The molecule has 0 atom stereocenters. The molecule has 1 N–H and O–H groups in total. The van der Waals surface area contributed by atoms with E-state index >= 15 is 0 Å². The lowest BCUT2D eigenvalue weighted by Gasteiger charge is -2.08. The Morgan fingerprint density at radius 1 is 1.00 bits per heavy atom. The van der Waals surface area contributed by atoms with E-state index in [1.54, 1.807) is 0 Å². The molecule has 2 aromatic carbocycles. The molecule has 120 valence electrons. The van der Waals surface area contributed by atoms with E-state index in [1.807, 2.05) is 54.6 Å². The number of rotatable bonds is 8. The Labute approximate surface area is 135 Å². The van der Waals surface area contributed by atoms with Crippen LogP contribution >= 0.6 is 0 Å². The highest BCUT2D eigenvalue weighted by molar-refractivity contribution is 5.67. The van der Waals surface area contributed by atoms with Crippen LogP contribution in [0.2, 0.25) is 0 Å². The summed E-state index contributed by atoms with van der Waals surface area (Å²) in [7, 11) is 0. The van der Waals surface area contributed by atoms with Crippen molar-refractivity contribution in [2.24, 2.45) is 0 Å². The van der Waals surface area contributed by atoms with Gasteiger partial charge in [-0.1, -0.05) is 30.3 Å². The van der Waals surface area contributed by atoms with E-state index in [-0.39, 0.29) is 13.0 Å². The van der Waals surface area contributed by atoms with Crippen LogP contribution in [0.5, 0.6) is 11.5 Å². The number of hydrogen-bond acceptors (Lipinski definition) is 4. The van der Waals surface area contributed by atoms with Gasteiger partial charge in [0.25, 0.3) is 0 Å². The predicted molar refractivity (Wildman–Crippen MR) is 86.7 cm³/mol. The van der Waals surface area contributed by atoms with E-state index in [1.165, 1.54) is 0 Å². The number of benzene rings is 2. The molecule has 0 spiro atoms. The number of aldehydes is 1. The lowest BCUT2D eigenvalue weighted by atomic mass is 10.1. The number of carbonyl (C=O) groups is 2. The summed E-state index contributed by atoms with van der Waals surface area (Å²) >= 11 is 0. The maximum atomic E-state index is 11.3. The Hall–Kier alpha value is -2.82. The van der Waals surface area contributed by atoms with E-state index in [0.29, 0.717) is 19.3 Å². The quantitative estimate of drug-likeness (QED) is 0.599. The number of ether oxygens (including phenoxy) is 2. The molecular formula is C18H19NO4. The average Bonchev–Trinajstić information content (AvgIpc) is 2.58. The molecule has 0 saturated heterocycles. The van der Waals surface area contributed by atoms with Crippen molar-refractivity contribution in [3.63, 3.8) is 0 Å². The molecule has 0 saturated carbocycles. The van der Waals surface area contributed by atoms with Crippen LogP contribution in [0, 0.1) is 0 Å². The molecule has 5 heteroatoms. The topological polar surface area (TPSA) is 64.6 Å². The first-order valence-electron chi connectivity index (χ1n) is 7.44. The minimum Gasteiger partial charge on any atom is -0.457 e. The highest BCUT2D eigenvalue weighted by Crippen LogP contribution is 2.21. The first kappa shape index (κ1) is 16.5. The lowest BCUT2D eigenvalue weighted by molar-refractivity contribution is -0.108. The van der Waals surface area contributed by atoms with Crippen molar-refractivity contribution in [1.82, 2.24) is 5.32 Å². The van der Waals surface area contributed by atoms with Gasteiger partial charge in [0, 0.05) is 13.0 Å². The van der Waals surface area contributed by atoms with Crippen LogP contribution in [0.1, 0.15) is 12.0 Å². The highest BCUT2D eigenvalue weighted by Gasteiger charge is 2.02. The lowest BCUT2D eigenvalue weighted by Crippen LogP contribution is -2.26. The minimum atomic E-state index is -0.504. The zero-order chi connectivity index (χ0) is 16.3. The SMILES string of the molecule is O=CCCOC(=O)NCCc1ccc(Oc2ccccc2)cc1. The van der Waals surface area contributed by atoms with E-state index in [4.69, 9.17) is 9.47 Å². The standard InChI is InChI=1S/C18H19NO4/c20-13-4-14-22-18(21)19-12-11-15-7-9-17(10-8-15)23-16-5-2-1-3-6-16/h1-3,5-10,13H,4,11-12,14H2,(H,19,21). The molecule has 0 bridgehead atoms. The van der Waals surface area contributed by atoms with E-state index in [2.05, 4.69) is 5.32 Å². The van der Waals surface area contributed by atoms with Crippen LogP contribution in [-0.2, 0) is 16.0 Å². The van der Waals surface area contributed by atoms with Gasteiger partial charge in [0.1, 0.15) is 17.8 Å². The first-order chi connectivity index (χ1) is 11.3. The van der Waals surface area contributed by atoms with Crippen LogP contribution in [0.4, 0.5) is 4.79 Å². The Morgan fingerprint density at radius 3 is 2.39 bits per heavy atom. The second-order valence-corrected chi connectivity index (χ2v) is 4.83. The van der Waals surface area contributed by atoms with Crippen molar-refractivity contribution in [2.45, 2.75) is 12.8 Å². The molecule has 0 aliphatic carbocycles. The summed E-state index contributed by atoms with van der Waals surface area (Å²) in [5.41, 5.74) is 1.08. The number of para-hydroxylation sites is 1. The van der Waals surface area contributed by atoms with Crippen molar-refractivity contribution >= 4 is 12.4 Å². The molecule has 2 aromatic rings. The van der Waals surface area contributed by atoms with Gasteiger partial charge in [-0.2, -0.15) is 0 Å². The molecule has 5 nitrogen and oxygen atoms in total. The fourth-order valence-electron chi connectivity index (χ4n) is 1.91. The summed E-state index contributed by atoms with van der Waals surface area (Å²) in [6, 6.07) is 17.3. The maximum absolute atomic E-state index is 11.3. The molecule has 0 aliphatic heterocycles. The second kappa shape index (κ2) is 9.25. The normalized spacial score (nSPS) is 9.91. The number of hydrogen-bond donors (Lipinski definition) is 1. The molecule has 0 fully saturated rings. The van der Waals surface area contributed by atoms with Gasteiger partial charge in [0.05, 0.1) is 6.61 Å². The zero-order valence-electron chi connectivity index (χ0n) is 12.7. The van der Waals surface area contributed by atoms with Gasteiger partial charge in [0.15, 0.2) is 0 Å². The van der Waals surface area contributed by atoms with Crippen LogP contribution in [0.3, 0.4) is 0 Å². The van der Waals surface area contributed by atoms with Crippen molar-refractivity contribution < 1.29 is 19.1 Å². The summed E-state index contributed by atoms with van der Waals surface area (Å²) in [5.74, 6) is 1.56. The monoisotopic (exact) mass is 313 g/mol. The molecule has 0 radical (unpaired) electrons. The molecule has 0 unspecified atom stereocenters. The van der Waals surface area contributed by atoms with Crippen molar-refractivity contribution in [3.05, 3.63) is 60.2 Å². The van der Waals surface area contributed by atoms with Crippen LogP contribution < -0.4 is 10.1 Å². The number of alkyl carbamates (subject to hydrolysis) is 1. The average molecular weight is 313 g/mol. The maximum Gasteiger partial charge on any atom is 0.407 e. The van der Waals surface area contributed by atoms with Crippen molar-refractivity contribution in [2.75, 3.05) is 13.2 Å². The van der Waals surface area contributed by atoms with Crippen LogP contribution in [0.15, 0.2) is 54.6 Å². The zero-order valence-corrected chi connectivity index (χ0v) is 12.7. The summed E-state index contributed by atoms with van der Waals surface area (Å²) in [4.78, 5) is 21.4. The molecule has 0 aromatic heterocycles. The third kappa shape index (κ3) is 6.22. The molecule has 0 heterocycles. The summed E-state index contributed by atoms with van der Waals surface area (Å²) in [5, 5.41) is 2.64. The van der Waals surface area contributed by atoms with Gasteiger partial charge in [-0.3, -0.25) is 0 Å². The van der Waals surface area contributed by atoms with Gasteiger partial charge in [-0.15, -0.1) is 0 Å². The minimum absolute atomic E-state index is 0.112. The highest BCUT2D eigenvalue weighted by atomic mass is 16.5. The Balaban J connectivity index is 1.72. The fraction of sp³-hybridized carbons (Fsp3) is 0.222. The van der Waals surface area contributed by atoms with Gasteiger partial charge in [-0.25, -0.2) is 4.79 Å². The summed E-state index contributed by atoms with van der Waals surface area (Å²) in [6.45, 7) is 0.583. The molecule has 1 amide bonds. The van der Waals surface area contributed by atoms with Gasteiger partial charge in [-0.05, 0) is 36.2 Å². The van der Waals surface area contributed by atoms with Crippen molar-refractivity contribution in [1.29, 1.82) is 0 Å². The first-order valence-corrected chi connectivity index (χ1v) is 7.44. The van der Waals surface area contributed by atoms with Crippen molar-refractivity contribution in [3.8, 4) is 11.5 Å². The smallest absolute Gasteiger partial charge is 0.407 e. The number of nitrogens with one attached hydrogen (secondary N) is 1. The Morgan fingerprint density at radius 2 is 1.70 bits per heavy atom. The van der Waals surface area contributed by atoms with Gasteiger partial charge in [0.2, 0.25) is 0 Å². The van der Waals surface area contributed by atoms with Gasteiger partial charge < -0.3 is 19.6 Å². The Bertz CT molecular complexity index is 611.